The number of rotatable bonds is 9. The fraction of sp³-hybridized carbons (Fsp3) is 0.548. The number of carbonyl (C=O) groups excluding carboxylic acids is 2. The highest BCUT2D eigenvalue weighted by molar-refractivity contribution is 5.90. The first-order valence-electron chi connectivity index (χ1n) is 14.5. The maximum absolute atomic E-state index is 14.2. The molecule has 2 N–H and O–H groups in total. The number of halogens is 3. The van der Waals surface area contributed by atoms with Crippen LogP contribution in [-0.4, -0.2) is 62.8 Å². The lowest BCUT2D eigenvalue weighted by molar-refractivity contribution is -0.149. The first kappa shape index (κ1) is 32.1. The third-order valence-electron chi connectivity index (χ3n) is 7.73. The number of alkyl carbamates (subject to hydrolysis) is 1. The number of para-hydroxylation sites is 1. The van der Waals surface area contributed by atoms with Crippen molar-refractivity contribution in [3.05, 3.63) is 48.2 Å². The number of aromatic nitrogens is 1. The molecular weight excluding hydrogens is 567 g/mol. The summed E-state index contributed by atoms with van der Waals surface area (Å²) in [4.78, 5) is 43.9. The van der Waals surface area contributed by atoms with E-state index in [2.05, 4.69) is 16.9 Å². The first-order chi connectivity index (χ1) is 20.1. The molecule has 2 aliphatic rings. The molecule has 1 aromatic carbocycles. The molecule has 0 saturated carbocycles. The summed E-state index contributed by atoms with van der Waals surface area (Å²) in [6.07, 6.45) is -0.534. The van der Waals surface area contributed by atoms with Gasteiger partial charge in [-0.2, -0.15) is 13.2 Å². The highest BCUT2D eigenvalue weighted by Gasteiger charge is 2.54. The quantitative estimate of drug-likeness (QED) is 0.265. The Morgan fingerprint density at radius 2 is 1.95 bits per heavy atom. The minimum absolute atomic E-state index is 0.179. The van der Waals surface area contributed by atoms with Crippen LogP contribution in [0.4, 0.5) is 18.0 Å². The smallest absolute Gasteiger partial charge is 0.437 e. The van der Waals surface area contributed by atoms with Crippen molar-refractivity contribution in [1.29, 1.82) is 0 Å². The van der Waals surface area contributed by atoms with Gasteiger partial charge in [0.25, 0.3) is 0 Å². The predicted octanol–water partition coefficient (Wildman–Crippen LogP) is 6.03. The Morgan fingerprint density at radius 1 is 1.23 bits per heavy atom. The number of nitrogens with one attached hydrogen (secondary N) is 1. The molecule has 2 aliphatic heterocycles. The maximum atomic E-state index is 14.2. The molecule has 3 atom stereocenters. The standard InChI is InChI=1S/C31H38F3N3O6/c1-5-6-7-8-9-14-22(36-28(41)43-29(2,3)4)26(38)37-18-30(17-23(37)27(39)40)16-15-20-19-12-10-11-13-21(19)35-25(24(20)42-30)31(32,33)34/h5,10-13,22-23H,1,6-9,14-18H2,2-4H3,(H,36,41)(H,39,40)/t22-,23-,30+/m0/s1. The van der Waals surface area contributed by atoms with Gasteiger partial charge in [0.1, 0.15) is 23.3 Å². The molecule has 12 heteroatoms. The Bertz CT molecular complexity index is 1390. The lowest BCUT2D eigenvalue weighted by Gasteiger charge is -2.37. The topological polar surface area (TPSA) is 118 Å². The zero-order valence-corrected chi connectivity index (χ0v) is 24.6. The van der Waals surface area contributed by atoms with E-state index in [0.717, 1.165) is 24.2 Å². The number of allylic oxidation sites excluding steroid dienone is 1. The number of unbranched alkanes of at least 4 members (excludes halogenated alkanes) is 3. The average Bonchev–Trinajstić information content (AvgIpc) is 3.28. The summed E-state index contributed by atoms with van der Waals surface area (Å²) in [5.74, 6) is -2.39. The van der Waals surface area contributed by atoms with E-state index in [4.69, 9.17) is 9.47 Å². The van der Waals surface area contributed by atoms with E-state index in [1.54, 1.807) is 45.0 Å². The van der Waals surface area contributed by atoms with E-state index in [9.17, 15) is 32.7 Å². The molecule has 43 heavy (non-hydrogen) atoms. The lowest BCUT2D eigenvalue weighted by Crippen LogP contribution is -2.53. The second-order valence-corrected chi connectivity index (χ2v) is 12.2. The van der Waals surface area contributed by atoms with Gasteiger partial charge in [0, 0.05) is 17.4 Å². The zero-order valence-electron chi connectivity index (χ0n) is 24.6. The summed E-state index contributed by atoms with van der Waals surface area (Å²) in [6, 6.07) is 4.03. The molecule has 0 bridgehead atoms. The number of aryl methyl sites for hydroxylation is 1. The van der Waals surface area contributed by atoms with E-state index in [-0.39, 0.29) is 37.7 Å². The molecule has 2 aromatic rings. The molecule has 0 radical (unpaired) electrons. The molecule has 2 amide bonds. The molecule has 0 unspecified atom stereocenters. The van der Waals surface area contributed by atoms with Gasteiger partial charge in [-0.25, -0.2) is 14.6 Å². The minimum Gasteiger partial charge on any atom is -0.483 e. The lowest BCUT2D eigenvalue weighted by atomic mass is 9.87. The Balaban J connectivity index is 1.64. The number of benzene rings is 1. The van der Waals surface area contributed by atoms with Crippen LogP contribution in [0.2, 0.25) is 0 Å². The molecule has 1 saturated heterocycles. The number of likely N-dealkylation sites (tertiary alicyclic amines) is 1. The summed E-state index contributed by atoms with van der Waals surface area (Å²) < 4.78 is 54.0. The number of carboxylic acids is 1. The van der Waals surface area contributed by atoms with E-state index in [1.807, 2.05) is 0 Å². The Hall–Kier alpha value is -3.83. The van der Waals surface area contributed by atoms with Crippen LogP contribution in [0.15, 0.2) is 36.9 Å². The van der Waals surface area contributed by atoms with E-state index >= 15 is 0 Å². The summed E-state index contributed by atoms with van der Waals surface area (Å²) >= 11 is 0. The van der Waals surface area contributed by atoms with Crippen molar-refractivity contribution >= 4 is 28.9 Å². The number of amides is 2. The molecule has 4 rings (SSSR count). The fourth-order valence-corrected chi connectivity index (χ4v) is 5.81. The number of ether oxygens (including phenoxy) is 2. The second kappa shape index (κ2) is 12.4. The van der Waals surface area contributed by atoms with Crippen LogP contribution in [0.5, 0.6) is 5.75 Å². The second-order valence-electron chi connectivity index (χ2n) is 12.2. The van der Waals surface area contributed by atoms with Crippen molar-refractivity contribution in [3.63, 3.8) is 0 Å². The van der Waals surface area contributed by atoms with Gasteiger partial charge >= 0.3 is 18.2 Å². The van der Waals surface area contributed by atoms with Crippen LogP contribution in [0.1, 0.15) is 77.0 Å². The molecule has 1 spiro atoms. The van der Waals surface area contributed by atoms with Gasteiger partial charge in [-0.15, -0.1) is 6.58 Å². The predicted molar refractivity (Wildman–Crippen MR) is 153 cm³/mol. The van der Waals surface area contributed by atoms with Crippen LogP contribution in [-0.2, 0) is 26.9 Å². The molecule has 234 valence electrons. The molecule has 9 nitrogen and oxygen atoms in total. The third-order valence-corrected chi connectivity index (χ3v) is 7.73. The van der Waals surface area contributed by atoms with E-state index in [1.165, 1.54) is 6.07 Å². The van der Waals surface area contributed by atoms with Crippen molar-refractivity contribution in [3.8, 4) is 5.75 Å². The molecule has 1 fully saturated rings. The van der Waals surface area contributed by atoms with Gasteiger partial charge in [0.05, 0.1) is 12.1 Å². The number of hydrogen-bond donors (Lipinski definition) is 2. The number of fused-ring (bicyclic) bond motifs is 3. The van der Waals surface area contributed by atoms with Gasteiger partial charge in [0.2, 0.25) is 5.91 Å². The zero-order chi connectivity index (χ0) is 31.6. The number of pyridine rings is 1. The van der Waals surface area contributed by atoms with Gasteiger partial charge in [-0.05, 0) is 58.9 Å². The van der Waals surface area contributed by atoms with Crippen molar-refractivity contribution < 1.29 is 42.1 Å². The number of alkyl halides is 3. The van der Waals surface area contributed by atoms with Crippen LogP contribution in [0.3, 0.4) is 0 Å². The van der Waals surface area contributed by atoms with Crippen LogP contribution in [0, 0.1) is 0 Å². The first-order valence-corrected chi connectivity index (χ1v) is 14.5. The summed E-state index contributed by atoms with van der Waals surface area (Å²) in [7, 11) is 0. The molecule has 3 heterocycles. The normalized spacial score (nSPS) is 20.8. The van der Waals surface area contributed by atoms with Crippen molar-refractivity contribution in [2.45, 2.75) is 102 Å². The monoisotopic (exact) mass is 605 g/mol. The minimum atomic E-state index is -4.82. The average molecular weight is 606 g/mol. The summed E-state index contributed by atoms with van der Waals surface area (Å²) in [6.45, 7) is 8.47. The van der Waals surface area contributed by atoms with Gasteiger partial charge in [-0.1, -0.05) is 37.1 Å². The van der Waals surface area contributed by atoms with Crippen LogP contribution in [0.25, 0.3) is 10.9 Å². The third kappa shape index (κ3) is 7.40. The van der Waals surface area contributed by atoms with Crippen LogP contribution >= 0.6 is 0 Å². The number of carboxylic acid groups (broad SMARTS) is 1. The molecule has 0 aliphatic carbocycles. The number of carbonyl (C=O) groups is 3. The number of hydrogen-bond acceptors (Lipinski definition) is 6. The largest absolute Gasteiger partial charge is 0.483 e. The van der Waals surface area contributed by atoms with Gasteiger partial charge < -0.3 is 24.8 Å². The molecule has 1 aromatic heterocycles. The number of aliphatic carboxylic acids is 1. The van der Waals surface area contributed by atoms with E-state index < -0.39 is 58.9 Å². The summed E-state index contributed by atoms with van der Waals surface area (Å²) in [5.41, 5.74) is -2.86. The van der Waals surface area contributed by atoms with Crippen molar-refractivity contribution in [1.82, 2.24) is 15.2 Å². The Morgan fingerprint density at radius 3 is 2.60 bits per heavy atom. The molecular formula is C31H38F3N3O6. The Labute approximate surface area is 248 Å². The van der Waals surface area contributed by atoms with Gasteiger partial charge in [0.15, 0.2) is 11.4 Å². The van der Waals surface area contributed by atoms with Crippen LogP contribution < -0.4 is 10.1 Å². The fourth-order valence-electron chi connectivity index (χ4n) is 5.81. The van der Waals surface area contributed by atoms with Crippen molar-refractivity contribution in [2.24, 2.45) is 0 Å². The highest BCUT2D eigenvalue weighted by atomic mass is 19.4. The van der Waals surface area contributed by atoms with Crippen molar-refractivity contribution in [2.75, 3.05) is 6.54 Å². The van der Waals surface area contributed by atoms with E-state index in [0.29, 0.717) is 17.4 Å². The number of nitrogens with zero attached hydrogens (tertiary/aromatic N) is 2. The van der Waals surface area contributed by atoms with Gasteiger partial charge in [-0.3, -0.25) is 4.79 Å². The highest BCUT2D eigenvalue weighted by Crippen LogP contribution is 2.48. The Kier molecular flexibility index (Phi) is 9.27. The summed E-state index contributed by atoms with van der Waals surface area (Å²) in [5, 5.41) is 13.2. The SMILES string of the molecule is C=CCCCCC[C@H](NC(=O)OC(C)(C)C)C(=O)N1C[C@@]2(CCc3c(c(C(F)(F)F)nc4ccccc34)O2)C[C@H]1C(=O)O. The maximum Gasteiger partial charge on any atom is 0.437 e.